The first-order valence-electron chi connectivity index (χ1n) is 7.50. The summed E-state index contributed by atoms with van der Waals surface area (Å²) in [4.78, 5) is 12.2. The molecule has 0 bridgehead atoms. The summed E-state index contributed by atoms with van der Waals surface area (Å²) in [5.74, 6) is -2.39. The van der Waals surface area contributed by atoms with Crippen LogP contribution in [0, 0.1) is 11.6 Å². The van der Waals surface area contributed by atoms with Crippen LogP contribution in [0.5, 0.6) is 0 Å². The molecule has 0 saturated heterocycles. The molecule has 26 heavy (non-hydrogen) atoms. The Bertz CT molecular complexity index is 892. The predicted octanol–water partition coefficient (Wildman–Crippen LogP) is 1.20. The van der Waals surface area contributed by atoms with E-state index in [4.69, 9.17) is 0 Å². The number of rotatable bonds is 7. The van der Waals surface area contributed by atoms with Crippen LogP contribution in [0.4, 0.5) is 8.78 Å². The van der Waals surface area contributed by atoms with Crippen molar-refractivity contribution in [2.45, 2.75) is 25.9 Å². The molecule has 1 heterocycles. The van der Waals surface area contributed by atoms with Gasteiger partial charge in [-0.25, -0.2) is 13.5 Å². The molecule has 142 valence electrons. The predicted molar refractivity (Wildman–Crippen MR) is 87.7 cm³/mol. The number of carbonyl (C=O) groups is 1. The Morgan fingerprint density at radius 3 is 2.46 bits per heavy atom. The van der Waals surface area contributed by atoms with Gasteiger partial charge in [0, 0.05) is 11.6 Å². The molecule has 1 aromatic heterocycles. The molecule has 0 aliphatic heterocycles. The smallest absolute Gasteiger partial charge is 0.264 e. The maximum absolute atomic E-state index is 13.2. The first-order chi connectivity index (χ1) is 12.0. The fraction of sp³-hybridized carbons (Fsp3) is 0.400. The molecule has 0 spiro atoms. The molecule has 1 amide bonds. The Labute approximate surface area is 149 Å². The zero-order chi connectivity index (χ0) is 19.5. The van der Waals surface area contributed by atoms with Crippen molar-refractivity contribution >= 4 is 16.0 Å². The van der Waals surface area contributed by atoms with E-state index < -0.39 is 33.2 Å². The van der Waals surface area contributed by atoms with Crippen LogP contribution in [-0.4, -0.2) is 42.2 Å². The van der Waals surface area contributed by atoms with E-state index >= 15 is 0 Å². The highest BCUT2D eigenvalue weighted by atomic mass is 32.2. The summed E-state index contributed by atoms with van der Waals surface area (Å²) in [5, 5.41) is 10.4. The SMILES string of the molecule is CC(C)(NC(=O)c1cc(F)cc(F)c1)c1cn(CCOS(C)(=O)=O)nn1. The molecule has 0 atom stereocenters. The maximum atomic E-state index is 13.2. The second-order valence-corrected chi connectivity index (χ2v) is 7.77. The van der Waals surface area contributed by atoms with Gasteiger partial charge in [-0.05, 0) is 26.0 Å². The number of halogens is 2. The molecular weight excluding hydrogens is 370 g/mol. The number of nitrogens with zero attached hydrogens (tertiary/aromatic N) is 3. The van der Waals surface area contributed by atoms with E-state index in [-0.39, 0.29) is 18.7 Å². The van der Waals surface area contributed by atoms with Crippen LogP contribution in [0.2, 0.25) is 0 Å². The Balaban J connectivity index is 2.06. The zero-order valence-corrected chi connectivity index (χ0v) is 15.2. The van der Waals surface area contributed by atoms with Crippen molar-refractivity contribution in [3.05, 3.63) is 47.3 Å². The van der Waals surface area contributed by atoms with Gasteiger partial charge in [0.05, 0.1) is 31.1 Å². The van der Waals surface area contributed by atoms with Crippen LogP contribution in [0.15, 0.2) is 24.4 Å². The van der Waals surface area contributed by atoms with E-state index in [9.17, 15) is 22.0 Å². The van der Waals surface area contributed by atoms with E-state index in [1.54, 1.807) is 13.8 Å². The van der Waals surface area contributed by atoms with Crippen molar-refractivity contribution in [1.82, 2.24) is 20.3 Å². The summed E-state index contributed by atoms with van der Waals surface area (Å²) in [6, 6.07) is 2.52. The lowest BCUT2D eigenvalue weighted by Gasteiger charge is -2.23. The summed E-state index contributed by atoms with van der Waals surface area (Å²) in [7, 11) is -3.55. The Kier molecular flexibility index (Phi) is 5.71. The van der Waals surface area contributed by atoms with E-state index in [2.05, 4.69) is 19.8 Å². The number of nitrogens with one attached hydrogen (secondary N) is 1. The van der Waals surface area contributed by atoms with E-state index in [0.717, 1.165) is 18.4 Å². The van der Waals surface area contributed by atoms with E-state index in [0.29, 0.717) is 11.8 Å². The van der Waals surface area contributed by atoms with Gasteiger partial charge in [0.1, 0.15) is 17.3 Å². The quantitative estimate of drug-likeness (QED) is 0.715. The van der Waals surface area contributed by atoms with Crippen molar-refractivity contribution in [2.24, 2.45) is 0 Å². The lowest BCUT2D eigenvalue weighted by Crippen LogP contribution is -2.41. The third-order valence-corrected chi connectivity index (χ3v) is 3.94. The van der Waals surface area contributed by atoms with Crippen molar-refractivity contribution in [2.75, 3.05) is 12.9 Å². The van der Waals surface area contributed by atoms with Crippen LogP contribution < -0.4 is 5.32 Å². The Hall–Kier alpha value is -2.40. The molecule has 11 heteroatoms. The summed E-state index contributed by atoms with van der Waals surface area (Å²) in [5.41, 5.74) is -0.776. The Morgan fingerprint density at radius 1 is 1.27 bits per heavy atom. The minimum absolute atomic E-state index is 0.114. The molecule has 0 radical (unpaired) electrons. The average Bonchev–Trinajstić information content (AvgIpc) is 2.94. The molecule has 1 N–H and O–H groups in total. The van der Waals surface area contributed by atoms with Crippen molar-refractivity contribution < 1.29 is 26.2 Å². The summed E-state index contributed by atoms with van der Waals surface area (Å²) in [6.45, 7) is 3.31. The van der Waals surface area contributed by atoms with Gasteiger partial charge in [0.25, 0.3) is 16.0 Å². The topological polar surface area (TPSA) is 103 Å². The summed E-state index contributed by atoms with van der Waals surface area (Å²) >= 11 is 0. The molecular formula is C15H18F2N4O4S. The largest absolute Gasteiger partial charge is 0.341 e. The third-order valence-electron chi connectivity index (χ3n) is 3.35. The van der Waals surface area contributed by atoms with Crippen molar-refractivity contribution in [3.63, 3.8) is 0 Å². The Morgan fingerprint density at radius 2 is 1.88 bits per heavy atom. The lowest BCUT2D eigenvalue weighted by atomic mass is 10.0. The van der Waals surface area contributed by atoms with Gasteiger partial charge in [-0.1, -0.05) is 5.21 Å². The van der Waals surface area contributed by atoms with Crippen molar-refractivity contribution in [3.8, 4) is 0 Å². The molecule has 0 fully saturated rings. The lowest BCUT2D eigenvalue weighted by molar-refractivity contribution is 0.0909. The zero-order valence-electron chi connectivity index (χ0n) is 14.4. The first-order valence-corrected chi connectivity index (χ1v) is 9.31. The average molecular weight is 388 g/mol. The molecule has 0 aliphatic rings. The molecule has 2 rings (SSSR count). The minimum atomic E-state index is -3.55. The minimum Gasteiger partial charge on any atom is -0.341 e. The number of benzene rings is 1. The fourth-order valence-electron chi connectivity index (χ4n) is 2.08. The van der Waals surface area contributed by atoms with Gasteiger partial charge >= 0.3 is 0 Å². The van der Waals surface area contributed by atoms with E-state index in [1.807, 2.05) is 0 Å². The van der Waals surface area contributed by atoms with Gasteiger partial charge in [-0.15, -0.1) is 5.10 Å². The van der Waals surface area contributed by atoms with Gasteiger partial charge in [0.15, 0.2) is 0 Å². The number of hydrogen-bond acceptors (Lipinski definition) is 6. The van der Waals surface area contributed by atoms with Gasteiger partial charge in [-0.2, -0.15) is 8.42 Å². The summed E-state index contributed by atoms with van der Waals surface area (Å²) < 4.78 is 54.3. The van der Waals surface area contributed by atoms with Crippen LogP contribution in [0.25, 0.3) is 0 Å². The first kappa shape index (κ1) is 19.9. The molecule has 0 saturated carbocycles. The van der Waals surface area contributed by atoms with Gasteiger partial charge < -0.3 is 5.32 Å². The molecule has 0 aliphatic carbocycles. The number of hydrogen-bond donors (Lipinski definition) is 1. The van der Waals surface area contributed by atoms with Crippen LogP contribution in [-0.2, 0) is 26.4 Å². The second-order valence-electron chi connectivity index (χ2n) is 6.13. The normalized spacial score (nSPS) is 12.2. The fourth-order valence-corrected chi connectivity index (χ4v) is 2.46. The number of carbonyl (C=O) groups excluding carboxylic acids is 1. The highest BCUT2D eigenvalue weighted by Crippen LogP contribution is 2.18. The van der Waals surface area contributed by atoms with Gasteiger partial charge in [-0.3, -0.25) is 8.98 Å². The maximum Gasteiger partial charge on any atom is 0.264 e. The molecule has 8 nitrogen and oxygen atoms in total. The monoisotopic (exact) mass is 388 g/mol. The molecule has 1 aromatic carbocycles. The number of amides is 1. The highest BCUT2D eigenvalue weighted by molar-refractivity contribution is 7.85. The molecule has 2 aromatic rings. The highest BCUT2D eigenvalue weighted by Gasteiger charge is 2.27. The molecule has 0 unspecified atom stereocenters. The van der Waals surface area contributed by atoms with Crippen LogP contribution in [0.1, 0.15) is 29.9 Å². The standard InChI is InChI=1S/C15H18F2N4O4S/c1-15(2,18-14(22)10-6-11(16)8-12(17)7-10)13-9-21(20-19-13)4-5-25-26(3,23)24/h6-9H,4-5H2,1-3H3,(H,18,22). The second kappa shape index (κ2) is 7.46. The van der Waals surface area contributed by atoms with E-state index in [1.165, 1.54) is 10.9 Å². The van der Waals surface area contributed by atoms with Crippen molar-refractivity contribution in [1.29, 1.82) is 0 Å². The third kappa shape index (κ3) is 5.56. The summed E-state index contributed by atoms with van der Waals surface area (Å²) in [6.07, 6.45) is 2.45. The van der Waals surface area contributed by atoms with Crippen LogP contribution in [0.3, 0.4) is 0 Å². The van der Waals surface area contributed by atoms with Gasteiger partial charge in [0.2, 0.25) is 0 Å². The van der Waals surface area contributed by atoms with Crippen LogP contribution >= 0.6 is 0 Å². The number of aromatic nitrogens is 3.